The summed E-state index contributed by atoms with van der Waals surface area (Å²) in [7, 11) is 3.62. The number of anilines is 1. The topological polar surface area (TPSA) is 54.8 Å². The lowest BCUT2D eigenvalue weighted by Crippen LogP contribution is -2.47. The van der Waals surface area contributed by atoms with Crippen molar-refractivity contribution in [1.82, 2.24) is 9.47 Å². The van der Waals surface area contributed by atoms with Gasteiger partial charge in [-0.15, -0.1) is 0 Å². The zero-order chi connectivity index (χ0) is 22.0. The lowest BCUT2D eigenvalue weighted by atomic mass is 9.88. The van der Waals surface area contributed by atoms with E-state index >= 15 is 0 Å². The molecule has 1 saturated heterocycles. The molecule has 0 bridgehead atoms. The van der Waals surface area contributed by atoms with Crippen LogP contribution in [0.5, 0.6) is 5.75 Å². The Balaban J connectivity index is 1.41. The Hall–Kier alpha value is -3.28. The molecule has 0 atom stereocenters. The number of benzene rings is 2. The molecule has 1 aliphatic heterocycles. The summed E-state index contributed by atoms with van der Waals surface area (Å²) in [6.07, 6.45) is 3.39. The molecular formula is C25H29N3O3. The number of likely N-dealkylation sites (tertiary alicyclic amines) is 1. The molecule has 2 heterocycles. The van der Waals surface area contributed by atoms with E-state index in [9.17, 15) is 9.59 Å². The van der Waals surface area contributed by atoms with Gasteiger partial charge in [-0.3, -0.25) is 9.69 Å². The number of nitrogens with zero attached hydrogens (tertiary/aromatic N) is 3. The molecule has 1 aliphatic rings. The van der Waals surface area contributed by atoms with Gasteiger partial charge in [0.25, 0.3) is 0 Å². The van der Waals surface area contributed by atoms with Crippen molar-refractivity contribution in [2.75, 3.05) is 31.6 Å². The molecule has 0 saturated carbocycles. The van der Waals surface area contributed by atoms with Crippen LogP contribution in [0.4, 0.5) is 10.5 Å². The molecule has 2 amide bonds. The van der Waals surface area contributed by atoms with E-state index in [4.69, 9.17) is 4.74 Å². The van der Waals surface area contributed by atoms with Crippen LogP contribution in [-0.2, 0) is 7.05 Å². The predicted molar refractivity (Wildman–Crippen MR) is 123 cm³/mol. The number of ether oxygens (including phenoxy) is 1. The minimum Gasteiger partial charge on any atom is -0.497 e. The van der Waals surface area contributed by atoms with Gasteiger partial charge in [0.15, 0.2) is 5.78 Å². The normalized spacial score (nSPS) is 14.6. The molecular weight excluding hydrogens is 390 g/mol. The first kappa shape index (κ1) is 21.0. The van der Waals surface area contributed by atoms with Gasteiger partial charge < -0.3 is 14.2 Å². The number of aromatic nitrogens is 1. The van der Waals surface area contributed by atoms with E-state index < -0.39 is 0 Å². The molecule has 0 spiro atoms. The molecule has 4 rings (SSSR count). The van der Waals surface area contributed by atoms with Crippen LogP contribution in [0.15, 0.2) is 54.7 Å². The van der Waals surface area contributed by atoms with E-state index in [0.29, 0.717) is 32.5 Å². The van der Waals surface area contributed by atoms with Gasteiger partial charge >= 0.3 is 6.03 Å². The van der Waals surface area contributed by atoms with E-state index in [1.54, 1.807) is 12.0 Å². The summed E-state index contributed by atoms with van der Waals surface area (Å²) in [4.78, 5) is 29.8. The second-order valence-corrected chi connectivity index (χ2v) is 8.05. The third-order valence-corrected chi connectivity index (χ3v) is 6.24. The second-order valence-electron chi connectivity index (χ2n) is 8.05. The number of fused-ring (bicyclic) bond motifs is 1. The van der Waals surface area contributed by atoms with Crippen molar-refractivity contribution < 1.29 is 14.3 Å². The minimum atomic E-state index is -0.0437. The van der Waals surface area contributed by atoms with E-state index in [1.165, 1.54) is 0 Å². The van der Waals surface area contributed by atoms with Crippen molar-refractivity contribution >= 4 is 28.4 Å². The number of methoxy groups -OCH3 is 1. The highest BCUT2D eigenvalue weighted by molar-refractivity contribution is 6.01. The van der Waals surface area contributed by atoms with E-state index in [1.807, 2.05) is 72.1 Å². The molecule has 0 unspecified atom stereocenters. The van der Waals surface area contributed by atoms with Gasteiger partial charge in [-0.25, -0.2) is 4.79 Å². The van der Waals surface area contributed by atoms with Crippen molar-refractivity contribution in [2.45, 2.75) is 19.8 Å². The van der Waals surface area contributed by atoms with Gasteiger partial charge in [0.1, 0.15) is 5.75 Å². The Morgan fingerprint density at radius 1 is 1.06 bits per heavy atom. The van der Waals surface area contributed by atoms with E-state index in [0.717, 1.165) is 27.9 Å². The highest BCUT2D eigenvalue weighted by Gasteiger charge is 2.30. The van der Waals surface area contributed by atoms with Crippen LogP contribution in [0.25, 0.3) is 10.9 Å². The van der Waals surface area contributed by atoms with Crippen molar-refractivity contribution in [3.63, 3.8) is 0 Å². The number of piperidine rings is 1. The van der Waals surface area contributed by atoms with Crippen LogP contribution in [0.2, 0.25) is 0 Å². The fourth-order valence-corrected chi connectivity index (χ4v) is 4.35. The van der Waals surface area contributed by atoms with E-state index in [2.05, 4.69) is 6.07 Å². The molecule has 3 aromatic rings. The molecule has 2 aromatic carbocycles. The highest BCUT2D eigenvalue weighted by Crippen LogP contribution is 2.26. The maximum Gasteiger partial charge on any atom is 0.324 e. The third-order valence-electron chi connectivity index (χ3n) is 6.24. The van der Waals surface area contributed by atoms with Crippen LogP contribution in [0.3, 0.4) is 0 Å². The molecule has 0 N–H and O–H groups in total. The Labute approximate surface area is 183 Å². The largest absolute Gasteiger partial charge is 0.497 e. The van der Waals surface area contributed by atoms with E-state index in [-0.39, 0.29) is 17.7 Å². The molecule has 1 aromatic heterocycles. The summed E-state index contributed by atoms with van der Waals surface area (Å²) in [5.74, 6) is 0.899. The molecule has 1 fully saturated rings. The zero-order valence-corrected chi connectivity index (χ0v) is 18.4. The van der Waals surface area contributed by atoms with Gasteiger partial charge in [0.05, 0.1) is 7.11 Å². The first-order valence-corrected chi connectivity index (χ1v) is 10.8. The summed E-state index contributed by atoms with van der Waals surface area (Å²) in [5.41, 5.74) is 2.67. The summed E-state index contributed by atoms with van der Waals surface area (Å²) in [6, 6.07) is 15.5. The van der Waals surface area contributed by atoms with Gasteiger partial charge in [-0.1, -0.05) is 12.1 Å². The fraction of sp³-hybridized carbons (Fsp3) is 0.360. The number of carbonyl (C=O) groups is 2. The number of Topliss-reactive ketones (excluding diaryl/α,β-unsaturated/α-hetero) is 1. The van der Waals surface area contributed by atoms with Crippen LogP contribution in [0.1, 0.15) is 30.1 Å². The monoisotopic (exact) mass is 419 g/mol. The van der Waals surface area contributed by atoms with Gasteiger partial charge in [-0.2, -0.15) is 0 Å². The Morgan fingerprint density at radius 2 is 1.77 bits per heavy atom. The quantitative estimate of drug-likeness (QED) is 0.562. The average molecular weight is 420 g/mol. The maximum atomic E-state index is 13.1. The number of hydrogen-bond donors (Lipinski definition) is 0. The predicted octanol–water partition coefficient (Wildman–Crippen LogP) is 4.73. The Morgan fingerprint density at radius 3 is 2.42 bits per heavy atom. The first-order chi connectivity index (χ1) is 15.0. The van der Waals surface area contributed by atoms with Gasteiger partial charge in [0.2, 0.25) is 0 Å². The number of aryl methyl sites for hydroxylation is 1. The summed E-state index contributed by atoms with van der Waals surface area (Å²) < 4.78 is 7.24. The van der Waals surface area contributed by atoms with Crippen molar-refractivity contribution in [3.8, 4) is 5.75 Å². The molecule has 31 heavy (non-hydrogen) atoms. The first-order valence-electron chi connectivity index (χ1n) is 10.8. The molecule has 162 valence electrons. The number of ketones is 1. The smallest absolute Gasteiger partial charge is 0.324 e. The summed E-state index contributed by atoms with van der Waals surface area (Å²) in [5, 5.41) is 1.14. The van der Waals surface area contributed by atoms with Crippen molar-refractivity contribution in [3.05, 3.63) is 60.3 Å². The third kappa shape index (κ3) is 4.15. The summed E-state index contributed by atoms with van der Waals surface area (Å²) in [6.45, 7) is 3.74. The lowest BCUT2D eigenvalue weighted by Gasteiger charge is -2.35. The molecule has 6 nitrogen and oxygen atoms in total. The highest BCUT2D eigenvalue weighted by atomic mass is 16.5. The number of carbonyl (C=O) groups excluding carboxylic acids is 2. The molecule has 6 heteroatoms. The maximum absolute atomic E-state index is 13.1. The average Bonchev–Trinajstić information content (AvgIpc) is 3.19. The van der Waals surface area contributed by atoms with Crippen LogP contribution in [0, 0.1) is 5.92 Å². The fourth-order valence-electron chi connectivity index (χ4n) is 4.35. The minimum absolute atomic E-state index is 0.0104. The number of hydrogen-bond acceptors (Lipinski definition) is 3. The molecule has 0 radical (unpaired) electrons. The van der Waals surface area contributed by atoms with Crippen molar-refractivity contribution in [1.29, 1.82) is 0 Å². The van der Waals surface area contributed by atoms with Crippen LogP contribution in [-0.4, -0.2) is 48.0 Å². The lowest BCUT2D eigenvalue weighted by molar-refractivity contribution is 0.0857. The van der Waals surface area contributed by atoms with Crippen molar-refractivity contribution in [2.24, 2.45) is 13.0 Å². The second kappa shape index (κ2) is 8.84. The number of amides is 2. The SMILES string of the molecule is CCN(C(=O)N1CCC(C(=O)c2ccc3ccn(C)c3c2)CC1)c1ccc(OC)cc1. The Kier molecular flexibility index (Phi) is 5.98. The standard InChI is InChI=1S/C25H29N3O3/c1-4-28(21-7-9-22(31-3)10-8-21)25(30)27-15-12-19(13-16-27)24(29)20-6-5-18-11-14-26(2)23(18)17-20/h5-11,14,17,19H,4,12-13,15-16H2,1-3H3. The molecule has 0 aliphatic carbocycles. The van der Waals surface area contributed by atoms with Gasteiger partial charge in [0, 0.05) is 55.6 Å². The summed E-state index contributed by atoms with van der Waals surface area (Å²) >= 11 is 0. The van der Waals surface area contributed by atoms with Crippen LogP contribution < -0.4 is 9.64 Å². The van der Waals surface area contributed by atoms with Crippen LogP contribution >= 0.6 is 0 Å². The number of urea groups is 1. The Bertz CT molecular complexity index is 1080. The number of rotatable bonds is 5. The zero-order valence-electron chi connectivity index (χ0n) is 18.4. The van der Waals surface area contributed by atoms with Gasteiger partial charge in [-0.05, 0) is 61.5 Å².